The topological polar surface area (TPSA) is 72.0 Å². The van der Waals surface area contributed by atoms with Crippen molar-refractivity contribution in [2.75, 3.05) is 5.32 Å². The third kappa shape index (κ3) is 2.79. The second kappa shape index (κ2) is 6.63. The molecule has 4 aromatic rings. The number of anilines is 1. The van der Waals surface area contributed by atoms with Crippen LogP contribution in [0.3, 0.4) is 0 Å². The lowest BCUT2D eigenvalue weighted by Crippen LogP contribution is -2.24. The summed E-state index contributed by atoms with van der Waals surface area (Å²) in [6.07, 6.45) is 1.53. The van der Waals surface area contributed by atoms with Crippen molar-refractivity contribution in [3.8, 4) is 0 Å². The van der Waals surface area contributed by atoms with Crippen molar-refractivity contribution in [3.05, 3.63) is 101 Å². The van der Waals surface area contributed by atoms with Crippen molar-refractivity contribution < 1.29 is 9.59 Å². The van der Waals surface area contributed by atoms with E-state index in [9.17, 15) is 9.59 Å². The zero-order valence-corrected chi connectivity index (χ0v) is 15.8. The minimum absolute atomic E-state index is 0.201. The number of hydrogen-bond acceptors (Lipinski definition) is 5. The van der Waals surface area contributed by atoms with E-state index in [0.717, 1.165) is 16.6 Å². The molecule has 5 heteroatoms. The van der Waals surface area contributed by atoms with E-state index in [0.29, 0.717) is 23.2 Å². The Morgan fingerprint density at radius 3 is 2.55 bits per heavy atom. The molecule has 0 saturated heterocycles. The fraction of sp³-hybridized carbons (Fsp3) is 0.0833. The maximum absolute atomic E-state index is 13.0. The molecule has 0 amide bonds. The molecule has 0 spiro atoms. The van der Waals surface area contributed by atoms with Gasteiger partial charge < -0.3 is 5.32 Å². The Bertz CT molecular complexity index is 1300. The molecule has 29 heavy (non-hydrogen) atoms. The monoisotopic (exact) mass is 379 g/mol. The van der Waals surface area contributed by atoms with Gasteiger partial charge in [0.25, 0.3) is 0 Å². The fourth-order valence-corrected chi connectivity index (χ4v) is 3.79. The molecule has 0 radical (unpaired) electrons. The lowest BCUT2D eigenvalue weighted by atomic mass is 9.86. The van der Waals surface area contributed by atoms with Crippen molar-refractivity contribution in [2.24, 2.45) is 0 Å². The molecule has 0 unspecified atom stereocenters. The lowest BCUT2D eigenvalue weighted by molar-refractivity contribution is 0.0971. The van der Waals surface area contributed by atoms with Crippen molar-refractivity contribution in [1.29, 1.82) is 0 Å². The molecule has 0 aliphatic heterocycles. The summed E-state index contributed by atoms with van der Waals surface area (Å²) in [5.41, 5.74) is 4.64. The summed E-state index contributed by atoms with van der Waals surface area (Å²) in [4.78, 5) is 34.6. The standard InChI is InChI=1S/C24H17N3O2/c1-14-18-12-16(26-13-15-6-3-2-4-7-15)9-10-19(18)27-22-20(14)24(29)21-17(23(22)28)8-5-11-25-21/h2-12,26H,13H2,1H3. The van der Waals surface area contributed by atoms with Gasteiger partial charge in [0.1, 0.15) is 11.4 Å². The molecule has 2 aromatic carbocycles. The van der Waals surface area contributed by atoms with Crippen LogP contribution in [0, 0.1) is 6.92 Å². The predicted molar refractivity (Wildman–Crippen MR) is 111 cm³/mol. The maximum atomic E-state index is 13.0. The van der Waals surface area contributed by atoms with Crippen LogP contribution >= 0.6 is 0 Å². The van der Waals surface area contributed by atoms with Crippen LogP contribution in [0.15, 0.2) is 66.9 Å². The van der Waals surface area contributed by atoms with Gasteiger partial charge in [-0.15, -0.1) is 0 Å². The quantitative estimate of drug-likeness (QED) is 0.505. The number of ketones is 2. The first-order valence-corrected chi connectivity index (χ1v) is 9.40. The predicted octanol–water partition coefficient (Wildman–Crippen LogP) is 4.33. The van der Waals surface area contributed by atoms with Gasteiger partial charge in [0.15, 0.2) is 0 Å². The first-order chi connectivity index (χ1) is 14.1. The highest BCUT2D eigenvalue weighted by Gasteiger charge is 2.34. The fourth-order valence-electron chi connectivity index (χ4n) is 3.79. The van der Waals surface area contributed by atoms with Crippen molar-refractivity contribution in [2.45, 2.75) is 13.5 Å². The smallest absolute Gasteiger partial charge is 0.214 e. The molecule has 140 valence electrons. The Balaban J connectivity index is 1.59. The van der Waals surface area contributed by atoms with E-state index in [1.54, 1.807) is 12.1 Å². The molecule has 0 atom stereocenters. The summed E-state index contributed by atoms with van der Waals surface area (Å²) in [6.45, 7) is 2.56. The van der Waals surface area contributed by atoms with E-state index >= 15 is 0 Å². The summed E-state index contributed by atoms with van der Waals surface area (Å²) in [7, 11) is 0. The largest absolute Gasteiger partial charge is 0.381 e. The molecule has 2 aromatic heterocycles. The Labute approximate surface area is 167 Å². The van der Waals surface area contributed by atoms with Crippen LogP contribution < -0.4 is 5.32 Å². The van der Waals surface area contributed by atoms with E-state index in [4.69, 9.17) is 0 Å². The molecule has 1 aliphatic rings. The molecular formula is C24H17N3O2. The highest BCUT2D eigenvalue weighted by Crippen LogP contribution is 2.32. The van der Waals surface area contributed by atoms with E-state index in [2.05, 4.69) is 27.4 Å². The van der Waals surface area contributed by atoms with Gasteiger partial charge in [-0.1, -0.05) is 30.3 Å². The number of nitrogens with one attached hydrogen (secondary N) is 1. The van der Waals surface area contributed by atoms with E-state index in [1.165, 1.54) is 11.8 Å². The molecule has 5 rings (SSSR count). The van der Waals surface area contributed by atoms with Crippen LogP contribution in [0.25, 0.3) is 10.9 Å². The van der Waals surface area contributed by atoms with Gasteiger partial charge >= 0.3 is 0 Å². The van der Waals surface area contributed by atoms with Crippen LogP contribution in [0.1, 0.15) is 43.2 Å². The van der Waals surface area contributed by atoms with Gasteiger partial charge in [-0.05, 0) is 48.4 Å². The summed E-state index contributed by atoms with van der Waals surface area (Å²) < 4.78 is 0. The van der Waals surface area contributed by atoms with Gasteiger partial charge in [0.05, 0.1) is 16.6 Å². The Morgan fingerprint density at radius 2 is 1.72 bits per heavy atom. The summed E-state index contributed by atoms with van der Waals surface area (Å²) in [5, 5.41) is 4.25. The normalized spacial score (nSPS) is 12.6. The van der Waals surface area contributed by atoms with Gasteiger partial charge in [-0.2, -0.15) is 0 Å². The minimum atomic E-state index is -0.251. The van der Waals surface area contributed by atoms with Crippen LogP contribution in [0.4, 0.5) is 5.69 Å². The van der Waals surface area contributed by atoms with Crippen LogP contribution in [-0.4, -0.2) is 21.5 Å². The molecule has 1 aliphatic carbocycles. The van der Waals surface area contributed by atoms with Gasteiger partial charge in [-0.3, -0.25) is 14.6 Å². The SMILES string of the molecule is Cc1c2c(nc3ccc(NCc4ccccc4)cc13)C(=O)c1cccnc1C2=O. The third-order valence-corrected chi connectivity index (χ3v) is 5.29. The molecule has 5 nitrogen and oxygen atoms in total. The average Bonchev–Trinajstić information content (AvgIpc) is 2.77. The number of carbonyl (C=O) groups excluding carboxylic acids is 2. The zero-order chi connectivity index (χ0) is 20.0. The summed E-state index contributed by atoms with van der Waals surface area (Å²) in [5.74, 6) is -0.497. The molecular weight excluding hydrogens is 362 g/mol. The van der Waals surface area contributed by atoms with Gasteiger partial charge in [0.2, 0.25) is 11.6 Å². The number of hydrogen-bond donors (Lipinski definition) is 1. The van der Waals surface area contributed by atoms with E-state index in [-0.39, 0.29) is 23.0 Å². The number of nitrogens with zero attached hydrogens (tertiary/aromatic N) is 2. The zero-order valence-electron chi connectivity index (χ0n) is 15.8. The second-order valence-electron chi connectivity index (χ2n) is 7.09. The van der Waals surface area contributed by atoms with Crippen LogP contribution in [-0.2, 0) is 6.54 Å². The number of pyridine rings is 2. The van der Waals surface area contributed by atoms with E-state index < -0.39 is 0 Å². The number of aromatic nitrogens is 2. The van der Waals surface area contributed by atoms with Crippen molar-refractivity contribution in [1.82, 2.24) is 9.97 Å². The molecule has 0 fully saturated rings. The number of rotatable bonds is 3. The van der Waals surface area contributed by atoms with Gasteiger partial charge in [-0.25, -0.2) is 4.98 Å². The average molecular weight is 379 g/mol. The highest BCUT2D eigenvalue weighted by atomic mass is 16.1. The molecule has 0 saturated carbocycles. The molecule has 2 heterocycles. The first kappa shape index (κ1) is 17.3. The van der Waals surface area contributed by atoms with Crippen molar-refractivity contribution in [3.63, 3.8) is 0 Å². The third-order valence-electron chi connectivity index (χ3n) is 5.29. The minimum Gasteiger partial charge on any atom is -0.381 e. The number of aryl methyl sites for hydroxylation is 1. The summed E-state index contributed by atoms with van der Waals surface area (Å²) >= 11 is 0. The highest BCUT2D eigenvalue weighted by molar-refractivity contribution is 6.28. The summed E-state index contributed by atoms with van der Waals surface area (Å²) in [6, 6.07) is 19.2. The van der Waals surface area contributed by atoms with Crippen molar-refractivity contribution >= 4 is 28.2 Å². The Morgan fingerprint density at radius 1 is 0.897 bits per heavy atom. The Kier molecular flexibility index (Phi) is 3.95. The number of carbonyl (C=O) groups is 2. The number of benzene rings is 2. The van der Waals surface area contributed by atoms with Crippen LogP contribution in [0.2, 0.25) is 0 Å². The Hall–Kier alpha value is -3.86. The maximum Gasteiger partial charge on any atom is 0.214 e. The van der Waals surface area contributed by atoms with Crippen LogP contribution in [0.5, 0.6) is 0 Å². The van der Waals surface area contributed by atoms with E-state index in [1.807, 2.05) is 43.3 Å². The second-order valence-corrected chi connectivity index (χ2v) is 7.09. The first-order valence-electron chi connectivity index (χ1n) is 9.40. The number of fused-ring (bicyclic) bond motifs is 3. The molecule has 0 bridgehead atoms. The molecule has 1 N–H and O–H groups in total. The lowest BCUT2D eigenvalue weighted by Gasteiger charge is -2.19. The van der Waals surface area contributed by atoms with Gasteiger partial charge in [0, 0.05) is 23.8 Å².